The van der Waals surface area contributed by atoms with Gasteiger partial charge in [-0.05, 0) is 18.8 Å². The van der Waals surface area contributed by atoms with Crippen molar-refractivity contribution in [3.8, 4) is 0 Å². The van der Waals surface area contributed by atoms with Crippen molar-refractivity contribution in [1.29, 1.82) is 0 Å². The lowest BCUT2D eigenvalue weighted by molar-refractivity contribution is -0.140. The fourth-order valence-electron chi connectivity index (χ4n) is 2.36. The van der Waals surface area contributed by atoms with Gasteiger partial charge in [0.25, 0.3) is 0 Å². The lowest BCUT2D eigenvalue weighted by Gasteiger charge is -2.28. The Kier molecular flexibility index (Phi) is 6.67. The molecule has 0 radical (unpaired) electrons. The summed E-state index contributed by atoms with van der Waals surface area (Å²) < 4.78 is 0. The van der Waals surface area contributed by atoms with E-state index in [1.54, 1.807) is 4.90 Å². The van der Waals surface area contributed by atoms with Gasteiger partial charge in [-0.25, -0.2) is 9.59 Å². The summed E-state index contributed by atoms with van der Waals surface area (Å²) >= 11 is 0. The first-order valence-corrected chi connectivity index (χ1v) is 7.34. The molecule has 0 aromatic rings. The molecule has 5 heteroatoms. The molecule has 1 unspecified atom stereocenters. The monoisotopic (exact) mass is 270 g/mol. The third-order valence-corrected chi connectivity index (χ3v) is 3.90. The van der Waals surface area contributed by atoms with Crippen LogP contribution in [0.2, 0.25) is 0 Å². The molecule has 1 aliphatic rings. The number of carboxylic acid groups (broad SMARTS) is 1. The molecule has 1 fully saturated rings. The molecule has 19 heavy (non-hydrogen) atoms. The molecule has 0 aromatic heterocycles. The largest absolute Gasteiger partial charge is 0.480 e. The molecule has 2 atom stereocenters. The van der Waals surface area contributed by atoms with Gasteiger partial charge in [-0.2, -0.15) is 0 Å². The molecular formula is C14H26N2O3. The number of likely N-dealkylation sites (tertiary alicyclic amines) is 1. The SMILES string of the molecule is CCC(C)[C@H](NC(=O)N1CCCCCCC1)C(=O)O. The van der Waals surface area contributed by atoms with Gasteiger partial charge in [-0.15, -0.1) is 0 Å². The van der Waals surface area contributed by atoms with E-state index in [1.807, 2.05) is 13.8 Å². The maximum Gasteiger partial charge on any atom is 0.326 e. The van der Waals surface area contributed by atoms with Crippen molar-refractivity contribution >= 4 is 12.0 Å². The summed E-state index contributed by atoms with van der Waals surface area (Å²) in [7, 11) is 0. The first-order valence-electron chi connectivity index (χ1n) is 7.34. The Morgan fingerprint density at radius 3 is 2.16 bits per heavy atom. The molecule has 0 aliphatic carbocycles. The van der Waals surface area contributed by atoms with Crippen LogP contribution in [0.5, 0.6) is 0 Å². The van der Waals surface area contributed by atoms with Crippen LogP contribution in [-0.2, 0) is 4.79 Å². The van der Waals surface area contributed by atoms with Crippen LogP contribution in [0.3, 0.4) is 0 Å². The summed E-state index contributed by atoms with van der Waals surface area (Å²) in [6.07, 6.45) is 6.29. The number of nitrogens with one attached hydrogen (secondary N) is 1. The van der Waals surface area contributed by atoms with Crippen LogP contribution in [0, 0.1) is 5.92 Å². The van der Waals surface area contributed by atoms with Gasteiger partial charge in [-0.3, -0.25) is 0 Å². The van der Waals surface area contributed by atoms with E-state index in [9.17, 15) is 14.7 Å². The van der Waals surface area contributed by atoms with Crippen molar-refractivity contribution in [2.45, 2.75) is 58.4 Å². The zero-order valence-electron chi connectivity index (χ0n) is 12.0. The molecule has 0 bridgehead atoms. The van der Waals surface area contributed by atoms with Crippen LogP contribution in [0.4, 0.5) is 4.79 Å². The Balaban J connectivity index is 2.56. The Labute approximate surface area is 115 Å². The zero-order valence-corrected chi connectivity index (χ0v) is 12.0. The van der Waals surface area contributed by atoms with E-state index >= 15 is 0 Å². The van der Waals surface area contributed by atoms with Crippen LogP contribution >= 0.6 is 0 Å². The van der Waals surface area contributed by atoms with Crippen molar-refractivity contribution in [3.05, 3.63) is 0 Å². The Morgan fingerprint density at radius 1 is 1.16 bits per heavy atom. The summed E-state index contributed by atoms with van der Waals surface area (Å²) in [5.41, 5.74) is 0. The van der Waals surface area contributed by atoms with Gasteiger partial charge in [0.05, 0.1) is 0 Å². The second-order valence-electron chi connectivity index (χ2n) is 5.41. The number of rotatable bonds is 4. The van der Waals surface area contributed by atoms with Gasteiger partial charge in [0.15, 0.2) is 0 Å². The van der Waals surface area contributed by atoms with E-state index < -0.39 is 12.0 Å². The lowest BCUT2D eigenvalue weighted by atomic mass is 9.99. The van der Waals surface area contributed by atoms with Crippen LogP contribution in [-0.4, -0.2) is 41.1 Å². The number of amides is 2. The highest BCUT2D eigenvalue weighted by Crippen LogP contribution is 2.12. The Hall–Kier alpha value is -1.26. The number of hydrogen-bond donors (Lipinski definition) is 2. The first-order chi connectivity index (χ1) is 9.06. The van der Waals surface area contributed by atoms with Crippen molar-refractivity contribution < 1.29 is 14.7 Å². The summed E-state index contributed by atoms with van der Waals surface area (Å²) in [5, 5.41) is 11.9. The van der Waals surface area contributed by atoms with Crippen molar-refractivity contribution in [1.82, 2.24) is 10.2 Å². The standard InChI is InChI=1S/C14H26N2O3/c1-3-11(2)12(13(17)18)15-14(19)16-9-7-5-4-6-8-10-16/h11-12H,3-10H2,1-2H3,(H,15,19)(H,17,18)/t11?,12-/m0/s1. The van der Waals surface area contributed by atoms with Gasteiger partial charge in [0.2, 0.25) is 0 Å². The number of nitrogens with zero attached hydrogens (tertiary/aromatic N) is 1. The summed E-state index contributed by atoms with van der Waals surface area (Å²) in [5.74, 6) is -1.01. The number of carboxylic acids is 1. The average molecular weight is 270 g/mol. The van der Waals surface area contributed by atoms with Crippen LogP contribution in [0.1, 0.15) is 52.4 Å². The number of aliphatic carboxylic acids is 1. The predicted molar refractivity (Wildman–Crippen MR) is 74.1 cm³/mol. The third kappa shape index (κ3) is 5.09. The molecule has 5 nitrogen and oxygen atoms in total. The van der Waals surface area contributed by atoms with Gasteiger partial charge < -0.3 is 15.3 Å². The number of urea groups is 1. The van der Waals surface area contributed by atoms with Crippen molar-refractivity contribution in [3.63, 3.8) is 0 Å². The second kappa shape index (κ2) is 8.02. The molecule has 0 aromatic carbocycles. The topological polar surface area (TPSA) is 69.6 Å². The minimum atomic E-state index is -0.949. The fourth-order valence-corrected chi connectivity index (χ4v) is 2.36. The van der Waals surface area contributed by atoms with Gasteiger partial charge >= 0.3 is 12.0 Å². The molecule has 0 saturated carbocycles. The number of carbonyl (C=O) groups is 2. The van der Waals surface area contributed by atoms with Crippen LogP contribution < -0.4 is 5.32 Å². The number of carbonyl (C=O) groups excluding carboxylic acids is 1. The molecule has 1 aliphatic heterocycles. The first kappa shape index (κ1) is 15.8. The van der Waals surface area contributed by atoms with Gasteiger partial charge in [0.1, 0.15) is 6.04 Å². The highest BCUT2D eigenvalue weighted by Gasteiger charge is 2.27. The fraction of sp³-hybridized carbons (Fsp3) is 0.857. The molecule has 110 valence electrons. The van der Waals surface area contributed by atoms with E-state index in [2.05, 4.69) is 5.32 Å². The minimum absolute atomic E-state index is 0.0591. The van der Waals surface area contributed by atoms with Crippen molar-refractivity contribution in [2.75, 3.05) is 13.1 Å². The molecule has 1 heterocycles. The van der Waals surface area contributed by atoms with E-state index in [0.29, 0.717) is 0 Å². The lowest BCUT2D eigenvalue weighted by Crippen LogP contribution is -2.51. The molecule has 1 rings (SSSR count). The zero-order chi connectivity index (χ0) is 14.3. The maximum absolute atomic E-state index is 12.1. The van der Waals surface area contributed by atoms with Crippen molar-refractivity contribution in [2.24, 2.45) is 5.92 Å². The normalized spacial score (nSPS) is 20.0. The van der Waals surface area contributed by atoms with E-state index in [4.69, 9.17) is 0 Å². The molecule has 2 amide bonds. The maximum atomic E-state index is 12.1. The second-order valence-corrected chi connectivity index (χ2v) is 5.41. The number of hydrogen-bond acceptors (Lipinski definition) is 2. The van der Waals surface area contributed by atoms with Gasteiger partial charge in [0, 0.05) is 13.1 Å². The third-order valence-electron chi connectivity index (χ3n) is 3.90. The molecule has 2 N–H and O–H groups in total. The minimum Gasteiger partial charge on any atom is -0.480 e. The van der Waals surface area contributed by atoms with E-state index in [-0.39, 0.29) is 11.9 Å². The summed E-state index contributed by atoms with van der Waals surface area (Å²) in [6, 6.07) is -1.02. The predicted octanol–water partition coefficient (Wildman–Crippen LogP) is 2.46. The molecule has 1 saturated heterocycles. The molecular weight excluding hydrogens is 244 g/mol. The van der Waals surface area contributed by atoms with Gasteiger partial charge in [-0.1, -0.05) is 39.5 Å². The Morgan fingerprint density at radius 2 is 1.68 bits per heavy atom. The smallest absolute Gasteiger partial charge is 0.326 e. The van der Waals surface area contributed by atoms with E-state index in [0.717, 1.165) is 45.2 Å². The average Bonchev–Trinajstić information content (AvgIpc) is 2.34. The van der Waals surface area contributed by atoms with Crippen LogP contribution in [0.15, 0.2) is 0 Å². The highest BCUT2D eigenvalue weighted by molar-refractivity contribution is 5.82. The Bertz CT molecular complexity index is 299. The van der Waals surface area contributed by atoms with E-state index in [1.165, 1.54) is 6.42 Å². The molecule has 0 spiro atoms. The quantitative estimate of drug-likeness (QED) is 0.824. The summed E-state index contributed by atoms with van der Waals surface area (Å²) in [4.78, 5) is 25.1. The van der Waals surface area contributed by atoms with Crippen LogP contribution in [0.25, 0.3) is 0 Å². The summed E-state index contributed by atoms with van der Waals surface area (Å²) in [6.45, 7) is 5.26. The highest BCUT2D eigenvalue weighted by atomic mass is 16.4.